The van der Waals surface area contributed by atoms with Crippen molar-refractivity contribution in [2.45, 2.75) is 58.2 Å². The van der Waals surface area contributed by atoms with Gasteiger partial charge in [0.2, 0.25) is 5.91 Å². The summed E-state index contributed by atoms with van der Waals surface area (Å²) >= 11 is 0. The zero-order valence-electron chi connectivity index (χ0n) is 21.6. The quantitative estimate of drug-likeness (QED) is 0.601. The van der Waals surface area contributed by atoms with Gasteiger partial charge in [-0.15, -0.1) is 0 Å². The summed E-state index contributed by atoms with van der Waals surface area (Å²) in [5, 5.41) is 2.77. The second-order valence-corrected chi connectivity index (χ2v) is 10.4. The summed E-state index contributed by atoms with van der Waals surface area (Å²) in [7, 11) is 0. The number of hydrogen-bond donors (Lipinski definition) is 1. The zero-order chi connectivity index (χ0) is 25.9. The molecule has 0 radical (unpaired) electrons. The molecule has 3 aliphatic heterocycles. The molecule has 1 unspecified atom stereocenters. The Morgan fingerprint density at radius 2 is 1.89 bits per heavy atom. The Labute approximate surface area is 218 Å². The number of fused-ring (bicyclic) bond motifs is 1. The molecule has 2 aromatic rings. The minimum absolute atomic E-state index is 0.0993. The van der Waals surface area contributed by atoms with Crippen LogP contribution in [0.4, 0.5) is 0 Å². The van der Waals surface area contributed by atoms with Crippen LogP contribution in [0.25, 0.3) is 0 Å². The summed E-state index contributed by atoms with van der Waals surface area (Å²) in [6.07, 6.45) is 2.80. The Kier molecular flexibility index (Phi) is 7.53. The summed E-state index contributed by atoms with van der Waals surface area (Å²) in [6.45, 7) is 10.8. The number of rotatable bonds is 8. The first kappa shape index (κ1) is 25.4. The van der Waals surface area contributed by atoms with Crippen molar-refractivity contribution in [3.8, 4) is 0 Å². The van der Waals surface area contributed by atoms with Crippen molar-refractivity contribution in [3.05, 3.63) is 82.1 Å². The second-order valence-electron chi connectivity index (χ2n) is 10.4. The number of morpholine rings is 1. The SMILES string of the molecule is C=C1CCC(N2Cc3cc(CCC(=O)Cc4ccc(CN5CCOCC5)c(C)c4)ccc3C2=O)C(=O)N1. The summed E-state index contributed by atoms with van der Waals surface area (Å²) in [4.78, 5) is 42.2. The molecule has 0 bridgehead atoms. The standard InChI is InChI=1S/C30H35N3O4/c1-20-15-23(4-7-24(20)18-32-11-13-37-14-12-32)17-26(34)8-5-22-6-9-27-25(16-22)19-33(30(27)36)28-10-3-21(2)31-29(28)35/h4,6-7,9,15-16,28H,2-3,5,8,10-14,17-19H2,1H3,(H,31,35). The molecule has 2 aromatic carbocycles. The van der Waals surface area contributed by atoms with E-state index >= 15 is 0 Å². The van der Waals surface area contributed by atoms with Crippen LogP contribution in [0.5, 0.6) is 0 Å². The van der Waals surface area contributed by atoms with Crippen LogP contribution in [0.1, 0.15) is 57.4 Å². The lowest BCUT2D eigenvalue weighted by Gasteiger charge is -2.30. The maximum atomic E-state index is 12.9. The van der Waals surface area contributed by atoms with Crippen LogP contribution >= 0.6 is 0 Å². The van der Waals surface area contributed by atoms with Crippen LogP contribution < -0.4 is 5.32 Å². The monoisotopic (exact) mass is 501 g/mol. The van der Waals surface area contributed by atoms with Gasteiger partial charge in [-0.25, -0.2) is 0 Å². The van der Waals surface area contributed by atoms with Crippen LogP contribution in [0.2, 0.25) is 0 Å². The first-order chi connectivity index (χ1) is 17.9. The Hall–Kier alpha value is -3.29. The highest BCUT2D eigenvalue weighted by atomic mass is 16.5. The van der Waals surface area contributed by atoms with E-state index in [0.29, 0.717) is 49.9 Å². The molecule has 2 saturated heterocycles. The smallest absolute Gasteiger partial charge is 0.255 e. The Balaban J connectivity index is 1.15. The molecule has 0 spiro atoms. The fraction of sp³-hybridized carbons (Fsp3) is 0.433. The highest BCUT2D eigenvalue weighted by Gasteiger charge is 2.38. The maximum absolute atomic E-state index is 12.9. The third-order valence-corrected chi connectivity index (χ3v) is 7.70. The molecular weight excluding hydrogens is 466 g/mol. The molecule has 37 heavy (non-hydrogen) atoms. The molecule has 0 saturated carbocycles. The topological polar surface area (TPSA) is 79.0 Å². The Morgan fingerprint density at radius 1 is 1.11 bits per heavy atom. The minimum atomic E-state index is -0.459. The predicted octanol–water partition coefficient (Wildman–Crippen LogP) is 3.32. The largest absolute Gasteiger partial charge is 0.379 e. The lowest BCUT2D eigenvalue weighted by molar-refractivity contribution is -0.126. The maximum Gasteiger partial charge on any atom is 0.255 e. The van der Waals surface area contributed by atoms with Crippen molar-refractivity contribution in [3.63, 3.8) is 0 Å². The van der Waals surface area contributed by atoms with Gasteiger partial charge in [-0.3, -0.25) is 19.3 Å². The van der Waals surface area contributed by atoms with Gasteiger partial charge in [0.05, 0.1) is 13.2 Å². The predicted molar refractivity (Wildman–Crippen MR) is 141 cm³/mol. The number of ketones is 1. The van der Waals surface area contributed by atoms with E-state index in [0.717, 1.165) is 49.5 Å². The van der Waals surface area contributed by atoms with Crippen molar-refractivity contribution in [2.24, 2.45) is 0 Å². The number of Topliss-reactive ketones (excluding diaryl/α,β-unsaturated/α-hetero) is 1. The van der Waals surface area contributed by atoms with E-state index < -0.39 is 6.04 Å². The van der Waals surface area contributed by atoms with E-state index in [1.54, 1.807) is 4.90 Å². The molecule has 194 valence electrons. The van der Waals surface area contributed by atoms with Crippen LogP contribution in [0.3, 0.4) is 0 Å². The molecule has 3 aliphatic rings. The Morgan fingerprint density at radius 3 is 2.65 bits per heavy atom. The van der Waals surface area contributed by atoms with Crippen LogP contribution in [-0.2, 0) is 40.3 Å². The molecule has 2 amide bonds. The molecule has 0 aromatic heterocycles. The van der Waals surface area contributed by atoms with Gasteiger partial charge in [0.1, 0.15) is 11.8 Å². The number of ether oxygens (including phenoxy) is 1. The summed E-state index contributed by atoms with van der Waals surface area (Å²) in [5.74, 6) is -0.0528. The zero-order valence-corrected chi connectivity index (χ0v) is 21.6. The number of nitrogens with one attached hydrogen (secondary N) is 1. The first-order valence-corrected chi connectivity index (χ1v) is 13.2. The highest BCUT2D eigenvalue weighted by molar-refractivity contribution is 6.01. The van der Waals surface area contributed by atoms with Gasteiger partial charge in [0.15, 0.2) is 0 Å². The van der Waals surface area contributed by atoms with Gasteiger partial charge in [-0.1, -0.05) is 36.9 Å². The summed E-state index contributed by atoms with van der Waals surface area (Å²) in [5.41, 5.74) is 6.91. The molecule has 5 rings (SSSR count). The van der Waals surface area contributed by atoms with E-state index in [1.165, 1.54) is 11.1 Å². The van der Waals surface area contributed by atoms with Crippen LogP contribution in [0.15, 0.2) is 48.7 Å². The number of carbonyl (C=O) groups is 3. The van der Waals surface area contributed by atoms with Crippen LogP contribution in [0, 0.1) is 6.92 Å². The Bertz CT molecular complexity index is 1230. The van der Waals surface area contributed by atoms with Crippen molar-refractivity contribution in [1.82, 2.24) is 15.1 Å². The van der Waals surface area contributed by atoms with Crippen molar-refractivity contribution < 1.29 is 19.1 Å². The van der Waals surface area contributed by atoms with Gasteiger partial charge >= 0.3 is 0 Å². The van der Waals surface area contributed by atoms with Crippen LogP contribution in [-0.4, -0.2) is 59.7 Å². The highest BCUT2D eigenvalue weighted by Crippen LogP contribution is 2.29. The van der Waals surface area contributed by atoms with Gasteiger partial charge < -0.3 is 15.0 Å². The van der Waals surface area contributed by atoms with E-state index in [2.05, 4.69) is 41.9 Å². The fourth-order valence-corrected chi connectivity index (χ4v) is 5.51. The van der Waals surface area contributed by atoms with E-state index in [-0.39, 0.29) is 17.6 Å². The number of hydrogen-bond acceptors (Lipinski definition) is 5. The van der Waals surface area contributed by atoms with E-state index in [1.807, 2.05) is 18.2 Å². The number of carbonyl (C=O) groups excluding carboxylic acids is 3. The molecule has 0 aliphatic carbocycles. The van der Waals surface area contributed by atoms with Crippen molar-refractivity contribution >= 4 is 17.6 Å². The lowest BCUT2D eigenvalue weighted by atomic mass is 9.98. The average molecular weight is 502 g/mol. The summed E-state index contributed by atoms with van der Waals surface area (Å²) in [6, 6.07) is 11.7. The normalized spacial score (nSPS) is 20.2. The van der Waals surface area contributed by atoms with E-state index in [9.17, 15) is 14.4 Å². The number of allylic oxidation sites excluding steroid dienone is 1. The molecule has 1 N–H and O–H groups in total. The number of benzene rings is 2. The van der Waals surface area contributed by atoms with Crippen molar-refractivity contribution in [1.29, 1.82) is 0 Å². The first-order valence-electron chi connectivity index (χ1n) is 13.2. The molecular formula is C30H35N3O4. The second kappa shape index (κ2) is 11.0. The molecule has 1 atom stereocenters. The number of nitrogens with zero attached hydrogens (tertiary/aromatic N) is 2. The third kappa shape index (κ3) is 5.84. The molecule has 3 heterocycles. The fourth-order valence-electron chi connectivity index (χ4n) is 5.51. The number of piperidine rings is 1. The number of aryl methyl sites for hydroxylation is 2. The van der Waals surface area contributed by atoms with Gasteiger partial charge in [-0.05, 0) is 60.1 Å². The van der Waals surface area contributed by atoms with Crippen molar-refractivity contribution in [2.75, 3.05) is 26.3 Å². The molecule has 7 heteroatoms. The number of amides is 2. The van der Waals surface area contributed by atoms with Gasteiger partial charge in [0, 0.05) is 50.3 Å². The summed E-state index contributed by atoms with van der Waals surface area (Å²) < 4.78 is 5.44. The molecule has 7 nitrogen and oxygen atoms in total. The molecule has 2 fully saturated rings. The third-order valence-electron chi connectivity index (χ3n) is 7.70. The lowest BCUT2D eigenvalue weighted by Crippen LogP contribution is -2.49. The van der Waals surface area contributed by atoms with Gasteiger partial charge in [0.25, 0.3) is 5.91 Å². The average Bonchev–Trinajstić information content (AvgIpc) is 3.20. The van der Waals surface area contributed by atoms with E-state index in [4.69, 9.17) is 4.74 Å². The van der Waals surface area contributed by atoms with Gasteiger partial charge in [-0.2, -0.15) is 0 Å². The minimum Gasteiger partial charge on any atom is -0.379 e.